The van der Waals surface area contributed by atoms with Gasteiger partial charge in [-0.3, -0.25) is 0 Å². The van der Waals surface area contributed by atoms with Crippen molar-refractivity contribution < 1.29 is 9.63 Å². The van der Waals surface area contributed by atoms with Crippen molar-refractivity contribution in [1.82, 2.24) is 0 Å². The minimum Gasteiger partial charge on any atom is -0.318 e. The van der Waals surface area contributed by atoms with Crippen LogP contribution < -0.4 is 0 Å². The average molecular weight is 305 g/mol. The fourth-order valence-electron chi connectivity index (χ4n) is 2.52. The van der Waals surface area contributed by atoms with Gasteiger partial charge in [-0.1, -0.05) is 71.9 Å². The predicted octanol–water partition coefficient (Wildman–Crippen LogP) is 4.42. The molecule has 0 heterocycles. The van der Waals surface area contributed by atoms with Crippen LogP contribution in [0.1, 0.15) is 30.4 Å². The van der Waals surface area contributed by atoms with E-state index in [1.165, 1.54) is 5.56 Å². The second-order valence-electron chi connectivity index (χ2n) is 5.75. The van der Waals surface area contributed by atoms with Gasteiger partial charge in [0, 0.05) is 0 Å². The molecule has 3 nitrogen and oxygen atoms in total. The first kappa shape index (κ1) is 15.2. The molecule has 2 aromatic rings. The molecular weight excluding hydrogens is 286 g/mol. The van der Waals surface area contributed by atoms with E-state index in [0.29, 0.717) is 5.71 Å². The van der Waals surface area contributed by atoms with E-state index in [-0.39, 0.29) is 17.8 Å². The highest BCUT2D eigenvalue weighted by atomic mass is 16.7. The van der Waals surface area contributed by atoms with E-state index in [1.807, 2.05) is 67.6 Å². The summed E-state index contributed by atoms with van der Waals surface area (Å²) in [4.78, 5) is 17.1. The first-order valence-corrected chi connectivity index (χ1v) is 7.77. The first-order chi connectivity index (χ1) is 11.2. The molecule has 0 spiro atoms. The number of rotatable bonds is 5. The molecule has 0 unspecified atom stereocenters. The summed E-state index contributed by atoms with van der Waals surface area (Å²) in [5.41, 5.74) is 2.94. The molecular formula is C20H19NO2. The van der Waals surface area contributed by atoms with Crippen LogP contribution in [0.2, 0.25) is 0 Å². The molecule has 0 saturated heterocycles. The molecule has 0 radical (unpaired) electrons. The lowest BCUT2D eigenvalue weighted by molar-refractivity contribution is -0.145. The van der Waals surface area contributed by atoms with Crippen molar-refractivity contribution in [3.8, 4) is 0 Å². The molecule has 1 fully saturated rings. The molecule has 0 aromatic heterocycles. The van der Waals surface area contributed by atoms with Crippen molar-refractivity contribution in [3.63, 3.8) is 0 Å². The summed E-state index contributed by atoms with van der Waals surface area (Å²) in [7, 11) is 0. The molecule has 23 heavy (non-hydrogen) atoms. The summed E-state index contributed by atoms with van der Waals surface area (Å²) in [5, 5.41) is 3.91. The third-order valence-corrected chi connectivity index (χ3v) is 3.92. The van der Waals surface area contributed by atoms with Crippen molar-refractivity contribution >= 4 is 17.8 Å². The second kappa shape index (κ2) is 7.05. The molecule has 0 N–H and O–H groups in total. The van der Waals surface area contributed by atoms with Crippen LogP contribution >= 0.6 is 0 Å². The topological polar surface area (TPSA) is 38.7 Å². The normalized spacial score (nSPS) is 20.5. The second-order valence-corrected chi connectivity index (χ2v) is 5.75. The minimum absolute atomic E-state index is 0.0629. The Morgan fingerprint density at radius 1 is 1.09 bits per heavy atom. The highest BCUT2D eigenvalue weighted by molar-refractivity contribution is 5.96. The zero-order valence-electron chi connectivity index (χ0n) is 13.1. The van der Waals surface area contributed by atoms with Crippen molar-refractivity contribution in [1.29, 1.82) is 0 Å². The van der Waals surface area contributed by atoms with Crippen LogP contribution in [0.3, 0.4) is 0 Å². The molecule has 3 heteroatoms. The number of hydrogen-bond acceptors (Lipinski definition) is 3. The smallest absolute Gasteiger partial charge is 0.318 e. The zero-order valence-corrected chi connectivity index (χ0v) is 13.1. The monoisotopic (exact) mass is 305 g/mol. The Hall–Kier alpha value is -2.68. The molecule has 1 aliphatic rings. The largest absolute Gasteiger partial charge is 0.338 e. The molecule has 0 amide bonds. The van der Waals surface area contributed by atoms with Gasteiger partial charge < -0.3 is 4.84 Å². The predicted molar refractivity (Wildman–Crippen MR) is 92.0 cm³/mol. The Balaban J connectivity index is 1.52. The van der Waals surface area contributed by atoms with Crippen molar-refractivity contribution in [2.75, 3.05) is 0 Å². The Bertz CT molecular complexity index is 720. The van der Waals surface area contributed by atoms with E-state index >= 15 is 0 Å². The Morgan fingerprint density at radius 3 is 2.43 bits per heavy atom. The quantitative estimate of drug-likeness (QED) is 0.466. The third kappa shape index (κ3) is 4.16. The SMILES string of the molecule is CC(/C=C/c1ccccc1)=N\OC(=O)[C@@H]1C[C@@H]1c1ccccc1. The van der Waals surface area contributed by atoms with Crippen LogP contribution in [-0.4, -0.2) is 11.7 Å². The van der Waals surface area contributed by atoms with Crippen LogP contribution in [0.25, 0.3) is 6.08 Å². The maximum atomic E-state index is 12.0. The van der Waals surface area contributed by atoms with Gasteiger partial charge in [-0.15, -0.1) is 0 Å². The van der Waals surface area contributed by atoms with E-state index in [0.717, 1.165) is 12.0 Å². The molecule has 2 aromatic carbocycles. The lowest BCUT2D eigenvalue weighted by atomic mass is 10.1. The van der Waals surface area contributed by atoms with Crippen LogP contribution in [0.5, 0.6) is 0 Å². The number of hydrogen-bond donors (Lipinski definition) is 0. The Morgan fingerprint density at radius 2 is 1.74 bits per heavy atom. The first-order valence-electron chi connectivity index (χ1n) is 7.77. The summed E-state index contributed by atoms with van der Waals surface area (Å²) >= 11 is 0. The standard InChI is InChI=1S/C20H19NO2/c1-15(12-13-16-8-4-2-5-9-16)21-23-20(22)19-14-18(19)17-10-6-3-7-11-17/h2-13,18-19H,14H2,1H3/b13-12+,21-15+/t18-,19-/m1/s1. The molecule has 1 aliphatic carbocycles. The van der Waals surface area contributed by atoms with Crippen LogP contribution in [0.15, 0.2) is 71.9 Å². The highest BCUT2D eigenvalue weighted by Gasteiger charge is 2.45. The number of nitrogens with zero attached hydrogens (tertiary/aromatic N) is 1. The van der Waals surface area contributed by atoms with Gasteiger partial charge in [-0.25, -0.2) is 4.79 Å². The van der Waals surface area contributed by atoms with Crippen molar-refractivity contribution in [2.24, 2.45) is 11.1 Å². The summed E-state index contributed by atoms with van der Waals surface area (Å²) in [6.45, 7) is 1.81. The van der Waals surface area contributed by atoms with Crippen LogP contribution in [0, 0.1) is 5.92 Å². The fraction of sp³-hybridized carbons (Fsp3) is 0.200. The molecule has 0 aliphatic heterocycles. The summed E-state index contributed by atoms with van der Waals surface area (Å²) in [5.74, 6) is -0.0302. The molecule has 0 bridgehead atoms. The van der Waals surface area contributed by atoms with Crippen molar-refractivity contribution in [3.05, 3.63) is 77.9 Å². The maximum absolute atomic E-state index is 12.0. The minimum atomic E-state index is -0.244. The van der Waals surface area contributed by atoms with Gasteiger partial charge in [0.1, 0.15) is 0 Å². The third-order valence-electron chi connectivity index (χ3n) is 3.92. The molecule has 2 atom stereocenters. The number of oxime groups is 1. The summed E-state index contributed by atoms with van der Waals surface area (Å²) in [6, 6.07) is 20.0. The lowest BCUT2D eigenvalue weighted by Crippen LogP contribution is -2.05. The van der Waals surface area contributed by atoms with Gasteiger partial charge in [0.15, 0.2) is 0 Å². The van der Waals surface area contributed by atoms with E-state index in [4.69, 9.17) is 4.84 Å². The highest BCUT2D eigenvalue weighted by Crippen LogP contribution is 2.48. The van der Waals surface area contributed by atoms with Crippen LogP contribution in [0.4, 0.5) is 0 Å². The van der Waals surface area contributed by atoms with E-state index < -0.39 is 0 Å². The van der Waals surface area contributed by atoms with Crippen molar-refractivity contribution in [2.45, 2.75) is 19.3 Å². The number of benzene rings is 2. The van der Waals surface area contributed by atoms with E-state index in [2.05, 4.69) is 17.3 Å². The van der Waals surface area contributed by atoms with Crippen LogP contribution in [-0.2, 0) is 9.63 Å². The van der Waals surface area contributed by atoms with Gasteiger partial charge >= 0.3 is 5.97 Å². The van der Waals surface area contributed by atoms with Gasteiger partial charge in [-0.2, -0.15) is 0 Å². The number of carbonyl (C=O) groups is 1. The molecule has 116 valence electrons. The summed E-state index contributed by atoms with van der Waals surface area (Å²) in [6.07, 6.45) is 4.62. The molecule has 1 saturated carbocycles. The summed E-state index contributed by atoms with van der Waals surface area (Å²) < 4.78 is 0. The number of carbonyl (C=O) groups excluding carboxylic acids is 1. The maximum Gasteiger partial charge on any atom is 0.338 e. The number of allylic oxidation sites excluding steroid dienone is 1. The lowest BCUT2D eigenvalue weighted by Gasteiger charge is -1.99. The van der Waals surface area contributed by atoms with E-state index in [1.54, 1.807) is 0 Å². The Kier molecular flexibility index (Phi) is 4.67. The van der Waals surface area contributed by atoms with Gasteiger partial charge in [0.25, 0.3) is 0 Å². The van der Waals surface area contributed by atoms with Gasteiger partial charge in [0.05, 0.1) is 11.6 Å². The molecule has 3 rings (SSSR count). The van der Waals surface area contributed by atoms with Gasteiger partial charge in [-0.05, 0) is 36.5 Å². The zero-order chi connectivity index (χ0) is 16.1. The Labute approximate surface area is 136 Å². The average Bonchev–Trinajstić information content (AvgIpc) is 3.40. The fourth-order valence-corrected chi connectivity index (χ4v) is 2.52. The van der Waals surface area contributed by atoms with E-state index in [9.17, 15) is 4.79 Å². The van der Waals surface area contributed by atoms with Gasteiger partial charge in [0.2, 0.25) is 0 Å².